The molecule has 0 bridgehead atoms. The number of hydrogen-bond donors (Lipinski definition) is 0. The van der Waals surface area contributed by atoms with Crippen molar-refractivity contribution in [2.45, 2.75) is 19.3 Å². The summed E-state index contributed by atoms with van der Waals surface area (Å²) >= 11 is 0. The second kappa shape index (κ2) is 4.42. The van der Waals surface area contributed by atoms with E-state index in [0.29, 0.717) is 4.68 Å². The molecule has 92 valence electrons. The van der Waals surface area contributed by atoms with Crippen LogP contribution < -0.4 is 0 Å². The van der Waals surface area contributed by atoms with Gasteiger partial charge in [-0.2, -0.15) is 26.7 Å². The van der Waals surface area contributed by atoms with E-state index in [1.165, 1.54) is 6.07 Å². The number of rotatable bonds is 4. The SMILES string of the molecule is CS(=O)(=O)OCc1ccn(CC(F)(F)F)n1. The van der Waals surface area contributed by atoms with Gasteiger partial charge in [-0.3, -0.25) is 8.86 Å². The molecule has 1 aromatic rings. The summed E-state index contributed by atoms with van der Waals surface area (Å²) in [6, 6.07) is 1.26. The standard InChI is InChI=1S/C7H9F3N2O3S/c1-16(13,14)15-4-6-2-3-12(11-6)5-7(8,9)10/h2-3H,4-5H2,1H3. The third-order valence-electron chi connectivity index (χ3n) is 1.46. The van der Waals surface area contributed by atoms with Gasteiger partial charge < -0.3 is 0 Å². The van der Waals surface area contributed by atoms with Crippen molar-refractivity contribution in [1.82, 2.24) is 9.78 Å². The number of nitrogens with zero attached hydrogens (tertiary/aromatic N) is 2. The van der Waals surface area contributed by atoms with E-state index < -0.39 is 22.8 Å². The highest BCUT2D eigenvalue weighted by Gasteiger charge is 2.28. The molecular weight excluding hydrogens is 249 g/mol. The Morgan fingerprint density at radius 3 is 2.62 bits per heavy atom. The third-order valence-corrected chi connectivity index (χ3v) is 2.00. The maximum absolute atomic E-state index is 11.9. The zero-order valence-corrected chi connectivity index (χ0v) is 9.05. The highest BCUT2D eigenvalue weighted by Crippen LogP contribution is 2.17. The largest absolute Gasteiger partial charge is 0.408 e. The summed E-state index contributed by atoms with van der Waals surface area (Å²) in [5.41, 5.74) is 0.120. The average molecular weight is 258 g/mol. The van der Waals surface area contributed by atoms with Crippen LogP contribution in [0.2, 0.25) is 0 Å². The molecule has 0 N–H and O–H groups in total. The lowest BCUT2D eigenvalue weighted by Gasteiger charge is -2.05. The van der Waals surface area contributed by atoms with Gasteiger partial charge in [0.25, 0.3) is 10.1 Å². The molecule has 0 unspecified atom stereocenters. The lowest BCUT2D eigenvalue weighted by molar-refractivity contribution is -0.142. The molecule has 0 atom stereocenters. The smallest absolute Gasteiger partial charge is 0.264 e. The molecule has 1 aromatic heterocycles. The van der Waals surface area contributed by atoms with Crippen LogP contribution in [-0.2, 0) is 27.5 Å². The molecule has 0 saturated carbocycles. The third kappa shape index (κ3) is 5.12. The van der Waals surface area contributed by atoms with Crippen molar-refractivity contribution in [1.29, 1.82) is 0 Å². The summed E-state index contributed by atoms with van der Waals surface area (Å²) < 4.78 is 62.1. The molecule has 1 rings (SSSR count). The minimum absolute atomic E-state index is 0.120. The van der Waals surface area contributed by atoms with Crippen molar-refractivity contribution in [2.75, 3.05) is 6.26 Å². The molecular formula is C7H9F3N2O3S. The molecule has 0 amide bonds. The fourth-order valence-corrected chi connectivity index (χ4v) is 1.25. The average Bonchev–Trinajstić information content (AvgIpc) is 2.44. The molecule has 0 spiro atoms. The van der Waals surface area contributed by atoms with Gasteiger partial charge in [-0.05, 0) is 6.07 Å². The van der Waals surface area contributed by atoms with Crippen LogP contribution >= 0.6 is 0 Å². The molecule has 0 aromatic carbocycles. The van der Waals surface area contributed by atoms with Crippen LogP contribution in [0.3, 0.4) is 0 Å². The van der Waals surface area contributed by atoms with E-state index in [1.54, 1.807) is 0 Å². The highest BCUT2D eigenvalue weighted by molar-refractivity contribution is 7.85. The van der Waals surface area contributed by atoms with Crippen LogP contribution in [0.25, 0.3) is 0 Å². The molecule has 16 heavy (non-hydrogen) atoms. The first kappa shape index (κ1) is 13.0. The molecule has 0 aliphatic heterocycles. The van der Waals surface area contributed by atoms with Gasteiger partial charge in [0.15, 0.2) is 0 Å². The van der Waals surface area contributed by atoms with Gasteiger partial charge in [0.1, 0.15) is 13.2 Å². The maximum atomic E-state index is 11.9. The van der Waals surface area contributed by atoms with Gasteiger partial charge in [-0.15, -0.1) is 0 Å². The quantitative estimate of drug-likeness (QED) is 0.753. The first-order chi connectivity index (χ1) is 7.16. The lowest BCUT2D eigenvalue weighted by Crippen LogP contribution is -2.18. The zero-order chi connectivity index (χ0) is 12.4. The van der Waals surface area contributed by atoms with Crippen LogP contribution in [0.1, 0.15) is 5.69 Å². The van der Waals surface area contributed by atoms with E-state index in [9.17, 15) is 21.6 Å². The van der Waals surface area contributed by atoms with E-state index in [4.69, 9.17) is 0 Å². The second-order valence-corrected chi connectivity index (χ2v) is 4.73. The van der Waals surface area contributed by atoms with Gasteiger partial charge in [0.05, 0.1) is 11.9 Å². The predicted octanol–water partition coefficient (Wildman–Crippen LogP) is 0.922. The van der Waals surface area contributed by atoms with Crippen LogP contribution in [0.4, 0.5) is 13.2 Å². The van der Waals surface area contributed by atoms with Gasteiger partial charge >= 0.3 is 6.18 Å². The molecule has 0 saturated heterocycles. The van der Waals surface area contributed by atoms with E-state index in [2.05, 4.69) is 9.28 Å². The highest BCUT2D eigenvalue weighted by atomic mass is 32.2. The van der Waals surface area contributed by atoms with Crippen molar-refractivity contribution in [3.8, 4) is 0 Å². The summed E-state index contributed by atoms with van der Waals surface area (Å²) in [5.74, 6) is 0. The van der Waals surface area contributed by atoms with Gasteiger partial charge in [0, 0.05) is 6.20 Å². The molecule has 0 aliphatic rings. The molecule has 0 fully saturated rings. The van der Waals surface area contributed by atoms with Crippen molar-refractivity contribution in [3.05, 3.63) is 18.0 Å². The van der Waals surface area contributed by atoms with Crippen molar-refractivity contribution in [2.24, 2.45) is 0 Å². The Hall–Kier alpha value is -1.09. The van der Waals surface area contributed by atoms with Gasteiger partial charge in [0.2, 0.25) is 0 Å². The second-order valence-electron chi connectivity index (χ2n) is 3.09. The monoisotopic (exact) mass is 258 g/mol. The number of hydrogen-bond acceptors (Lipinski definition) is 4. The Kier molecular flexibility index (Phi) is 3.58. The predicted molar refractivity (Wildman–Crippen MR) is 47.9 cm³/mol. The van der Waals surface area contributed by atoms with E-state index in [0.717, 1.165) is 12.5 Å². The van der Waals surface area contributed by atoms with Gasteiger partial charge in [-0.1, -0.05) is 0 Å². The molecule has 5 nitrogen and oxygen atoms in total. The Morgan fingerprint density at radius 2 is 2.12 bits per heavy atom. The minimum atomic E-state index is -4.36. The van der Waals surface area contributed by atoms with Crippen molar-refractivity contribution in [3.63, 3.8) is 0 Å². The number of alkyl halides is 3. The van der Waals surface area contributed by atoms with Crippen LogP contribution in [-0.4, -0.2) is 30.6 Å². The van der Waals surface area contributed by atoms with Gasteiger partial charge in [-0.25, -0.2) is 0 Å². The fourth-order valence-electron chi connectivity index (χ4n) is 0.920. The molecule has 1 heterocycles. The topological polar surface area (TPSA) is 61.2 Å². The van der Waals surface area contributed by atoms with E-state index in [-0.39, 0.29) is 12.3 Å². The Bertz CT molecular complexity index is 452. The van der Waals surface area contributed by atoms with Crippen molar-refractivity contribution < 1.29 is 25.8 Å². The fraction of sp³-hybridized carbons (Fsp3) is 0.571. The summed E-state index contributed by atoms with van der Waals surface area (Å²) in [4.78, 5) is 0. The lowest BCUT2D eigenvalue weighted by atomic mass is 10.5. The van der Waals surface area contributed by atoms with Crippen molar-refractivity contribution >= 4 is 10.1 Å². The Morgan fingerprint density at radius 1 is 1.50 bits per heavy atom. The Labute approximate surface area is 89.9 Å². The van der Waals surface area contributed by atoms with E-state index >= 15 is 0 Å². The first-order valence-electron chi connectivity index (χ1n) is 4.09. The zero-order valence-electron chi connectivity index (χ0n) is 8.23. The van der Waals surface area contributed by atoms with E-state index in [1.807, 2.05) is 0 Å². The summed E-state index contributed by atoms with van der Waals surface area (Å²) in [6.45, 7) is -1.59. The number of aromatic nitrogens is 2. The minimum Gasteiger partial charge on any atom is -0.264 e. The molecule has 0 radical (unpaired) electrons. The normalized spacial score (nSPS) is 13.0. The summed E-state index contributed by atoms with van der Waals surface area (Å²) in [7, 11) is -3.62. The molecule has 9 heteroatoms. The Balaban J connectivity index is 2.59. The van der Waals surface area contributed by atoms with Crippen LogP contribution in [0, 0.1) is 0 Å². The summed E-state index contributed by atoms with van der Waals surface area (Å²) in [6.07, 6.45) is -2.41. The maximum Gasteiger partial charge on any atom is 0.408 e. The first-order valence-corrected chi connectivity index (χ1v) is 5.91. The molecule has 0 aliphatic carbocycles. The number of halogens is 3. The van der Waals surface area contributed by atoms with Crippen LogP contribution in [0.5, 0.6) is 0 Å². The summed E-state index contributed by atoms with van der Waals surface area (Å²) in [5, 5.41) is 3.51. The van der Waals surface area contributed by atoms with Crippen LogP contribution in [0.15, 0.2) is 12.3 Å².